The van der Waals surface area contributed by atoms with Crippen molar-refractivity contribution >= 4 is 5.97 Å². The number of esters is 1. The molecule has 0 aromatic heterocycles. The predicted molar refractivity (Wildman–Crippen MR) is 174 cm³/mol. The second-order valence-corrected chi connectivity index (χ2v) is 17.8. The molecule has 6 aliphatic rings. The number of fused-ring (bicyclic) bond motifs is 7. The maximum atomic E-state index is 12.6. The Kier molecular flexibility index (Phi) is 7.72. The van der Waals surface area contributed by atoms with E-state index in [1.165, 1.54) is 82.6 Å². The molecule has 3 nitrogen and oxygen atoms in total. The molecule has 5 fully saturated rings. The van der Waals surface area contributed by atoms with E-state index in [0.29, 0.717) is 40.6 Å². The van der Waals surface area contributed by atoms with Crippen molar-refractivity contribution < 1.29 is 9.53 Å². The molecule has 0 heterocycles. The van der Waals surface area contributed by atoms with Gasteiger partial charge in [-0.3, -0.25) is 4.79 Å². The minimum atomic E-state index is 0.0357. The lowest BCUT2D eigenvalue weighted by Crippen LogP contribution is -2.67. The van der Waals surface area contributed by atoms with Crippen LogP contribution in [0.2, 0.25) is 0 Å². The van der Waals surface area contributed by atoms with E-state index < -0.39 is 0 Å². The summed E-state index contributed by atoms with van der Waals surface area (Å²) in [7, 11) is 0. The number of hydrogen-bond acceptors (Lipinski definition) is 3. The average molecular weight is 578 g/mol. The molecule has 2 N–H and O–H groups in total. The van der Waals surface area contributed by atoms with Crippen LogP contribution in [-0.4, -0.2) is 18.1 Å². The van der Waals surface area contributed by atoms with Gasteiger partial charge in [-0.1, -0.05) is 71.3 Å². The van der Waals surface area contributed by atoms with Crippen molar-refractivity contribution in [1.82, 2.24) is 0 Å². The molecule has 0 aromatic rings. The summed E-state index contributed by atoms with van der Waals surface area (Å²) in [6.07, 6.45) is 20.0. The maximum absolute atomic E-state index is 12.6. The van der Waals surface area contributed by atoms with E-state index >= 15 is 0 Å². The highest BCUT2D eigenvalue weighted by molar-refractivity contribution is 5.72. The Balaban J connectivity index is 1.25. The average Bonchev–Trinajstić information content (AvgIpc) is 3.29. The second kappa shape index (κ2) is 10.5. The first-order valence-electron chi connectivity index (χ1n) is 18.0. The van der Waals surface area contributed by atoms with Gasteiger partial charge in [-0.15, -0.1) is 0 Å². The van der Waals surface area contributed by atoms with Crippen LogP contribution >= 0.6 is 0 Å². The number of nitrogens with two attached hydrogens (primary N) is 1. The SMILES string of the molecule is C=C(C)[C@@H]1CC[C@]2(N)CC[C@]3(C)[C@H](CC[C@@H]4[C@@]5(C)CC=C(CC6CCCC(C(=O)OCC)C6)C(C)(C)[C@@H]5CC[C@]43C)[C@@H]12. The lowest BCUT2D eigenvalue weighted by molar-refractivity contribution is -0.219. The van der Waals surface area contributed by atoms with Gasteiger partial charge in [0.05, 0.1) is 12.5 Å². The molecule has 0 aliphatic heterocycles. The third-order valence-corrected chi connectivity index (χ3v) is 15.8. The third kappa shape index (κ3) is 4.39. The number of carbonyl (C=O) groups is 1. The monoisotopic (exact) mass is 577 g/mol. The quantitative estimate of drug-likeness (QED) is 0.261. The van der Waals surface area contributed by atoms with E-state index in [4.69, 9.17) is 10.5 Å². The van der Waals surface area contributed by atoms with Gasteiger partial charge in [0.25, 0.3) is 0 Å². The van der Waals surface area contributed by atoms with Crippen molar-refractivity contribution in [2.75, 3.05) is 6.61 Å². The molecule has 0 amide bonds. The van der Waals surface area contributed by atoms with Crippen LogP contribution in [0.1, 0.15) is 138 Å². The molecule has 2 unspecified atom stereocenters. The summed E-state index contributed by atoms with van der Waals surface area (Å²) in [5, 5.41) is 0. The zero-order valence-electron chi connectivity index (χ0n) is 28.3. The molecule has 6 aliphatic carbocycles. The molecule has 236 valence electrons. The molecule has 0 spiro atoms. The van der Waals surface area contributed by atoms with Gasteiger partial charge in [0.15, 0.2) is 0 Å². The molecule has 42 heavy (non-hydrogen) atoms. The van der Waals surface area contributed by atoms with Gasteiger partial charge in [0.1, 0.15) is 0 Å². The zero-order valence-corrected chi connectivity index (χ0v) is 28.3. The lowest BCUT2D eigenvalue weighted by Gasteiger charge is -2.72. The molecule has 0 aromatic carbocycles. The van der Waals surface area contributed by atoms with Crippen molar-refractivity contribution in [3.63, 3.8) is 0 Å². The standard InChI is InChI=1S/C39H63NO2/c1-9-42-34(41)27-12-10-11-26(23-27)24-28-15-18-36(6)31(35(28,4)5)17-19-38(8)32(36)14-13-30-33-29(25(2)3)16-20-39(33,40)22-21-37(30,38)7/h15,26-27,29-33H,2,9-14,16-24,40H2,1,3-8H3/t26?,27?,29-,30+,31-,32+,33+,36-,37+,38+,39-/m0/s1. The number of carbonyl (C=O) groups excluding carboxylic acids is 1. The molecule has 0 radical (unpaired) electrons. The summed E-state index contributed by atoms with van der Waals surface area (Å²) in [5.41, 5.74) is 11.7. The normalized spacial score (nSPS) is 49.5. The van der Waals surface area contributed by atoms with Crippen LogP contribution in [0.25, 0.3) is 0 Å². The van der Waals surface area contributed by atoms with Crippen molar-refractivity contribution in [2.45, 2.75) is 144 Å². The first-order chi connectivity index (χ1) is 19.7. The largest absolute Gasteiger partial charge is 0.466 e. The van der Waals surface area contributed by atoms with Gasteiger partial charge in [0.2, 0.25) is 0 Å². The predicted octanol–water partition coefficient (Wildman–Crippen LogP) is 9.65. The summed E-state index contributed by atoms with van der Waals surface area (Å²) < 4.78 is 5.43. The molecular formula is C39H63NO2. The van der Waals surface area contributed by atoms with E-state index in [2.05, 4.69) is 54.2 Å². The number of hydrogen-bond donors (Lipinski definition) is 1. The highest BCUT2D eigenvalue weighted by Crippen LogP contribution is 2.76. The Bertz CT molecular complexity index is 1120. The fourth-order valence-corrected chi connectivity index (χ4v) is 13.5. The van der Waals surface area contributed by atoms with Crippen LogP contribution in [0.15, 0.2) is 23.8 Å². The zero-order chi connectivity index (χ0) is 30.3. The van der Waals surface area contributed by atoms with Gasteiger partial charge >= 0.3 is 5.97 Å². The Morgan fingerprint density at radius 1 is 0.952 bits per heavy atom. The summed E-state index contributed by atoms with van der Waals surface area (Å²) in [6, 6.07) is 0. The summed E-state index contributed by atoms with van der Waals surface area (Å²) in [6.45, 7) is 22.5. The smallest absolute Gasteiger partial charge is 0.308 e. The number of ether oxygens (including phenoxy) is 1. The highest BCUT2D eigenvalue weighted by atomic mass is 16.5. The topological polar surface area (TPSA) is 52.3 Å². The Hall–Kier alpha value is -1.09. The molecule has 0 bridgehead atoms. The molecule has 0 saturated heterocycles. The van der Waals surface area contributed by atoms with E-state index in [1.54, 1.807) is 5.57 Å². The summed E-state index contributed by atoms with van der Waals surface area (Å²) >= 11 is 0. The second-order valence-electron chi connectivity index (χ2n) is 17.8. The van der Waals surface area contributed by atoms with Crippen molar-refractivity contribution in [3.8, 4) is 0 Å². The molecule has 11 atom stereocenters. The van der Waals surface area contributed by atoms with Crippen LogP contribution < -0.4 is 5.73 Å². The van der Waals surface area contributed by atoms with E-state index in [1.807, 2.05) is 6.92 Å². The fourth-order valence-electron chi connectivity index (χ4n) is 13.5. The maximum Gasteiger partial charge on any atom is 0.308 e. The molecular weight excluding hydrogens is 514 g/mol. The minimum absolute atomic E-state index is 0.0357. The van der Waals surface area contributed by atoms with Crippen LogP contribution in [0.4, 0.5) is 0 Å². The first kappa shape index (κ1) is 30.9. The summed E-state index contributed by atoms with van der Waals surface area (Å²) in [4.78, 5) is 12.6. The molecule has 3 heteroatoms. The Labute approximate surface area is 258 Å². The molecule has 5 saturated carbocycles. The van der Waals surface area contributed by atoms with Gasteiger partial charge in [-0.2, -0.15) is 0 Å². The summed E-state index contributed by atoms with van der Waals surface area (Å²) in [5.74, 6) is 4.28. The van der Waals surface area contributed by atoms with Crippen molar-refractivity contribution in [1.29, 1.82) is 0 Å². The van der Waals surface area contributed by atoms with Crippen LogP contribution in [0.3, 0.4) is 0 Å². The van der Waals surface area contributed by atoms with Gasteiger partial charge < -0.3 is 10.5 Å². The lowest BCUT2D eigenvalue weighted by atomic mass is 9.33. The van der Waals surface area contributed by atoms with Gasteiger partial charge in [-0.25, -0.2) is 0 Å². The van der Waals surface area contributed by atoms with E-state index in [9.17, 15) is 4.79 Å². The first-order valence-corrected chi connectivity index (χ1v) is 18.0. The van der Waals surface area contributed by atoms with E-state index in [0.717, 1.165) is 30.6 Å². The van der Waals surface area contributed by atoms with Gasteiger partial charge in [0, 0.05) is 5.54 Å². The van der Waals surface area contributed by atoms with Crippen molar-refractivity contribution in [3.05, 3.63) is 23.8 Å². The minimum Gasteiger partial charge on any atom is -0.466 e. The fraction of sp³-hybridized carbons (Fsp3) is 0.872. The molecule has 6 rings (SSSR count). The van der Waals surface area contributed by atoms with Gasteiger partial charge in [-0.05, 0) is 148 Å². The van der Waals surface area contributed by atoms with Crippen LogP contribution in [0, 0.1) is 63.1 Å². The van der Waals surface area contributed by atoms with Crippen molar-refractivity contribution in [2.24, 2.45) is 68.8 Å². The Morgan fingerprint density at radius 2 is 1.71 bits per heavy atom. The number of allylic oxidation sites excluding steroid dienone is 3. The highest BCUT2D eigenvalue weighted by Gasteiger charge is 2.70. The van der Waals surface area contributed by atoms with Crippen LogP contribution in [-0.2, 0) is 9.53 Å². The number of rotatable bonds is 5. The van der Waals surface area contributed by atoms with E-state index in [-0.39, 0.29) is 22.8 Å². The third-order valence-electron chi connectivity index (χ3n) is 15.8. The van der Waals surface area contributed by atoms with Crippen LogP contribution in [0.5, 0.6) is 0 Å². The Morgan fingerprint density at radius 3 is 2.43 bits per heavy atom.